The third kappa shape index (κ3) is 8.11. The molecule has 0 radical (unpaired) electrons. The van der Waals surface area contributed by atoms with E-state index in [-0.39, 0.29) is 17.7 Å². The third-order valence-corrected chi connectivity index (χ3v) is 5.44. The summed E-state index contributed by atoms with van der Waals surface area (Å²) in [5.74, 6) is -1.48. The predicted molar refractivity (Wildman–Crippen MR) is 122 cm³/mol. The van der Waals surface area contributed by atoms with Crippen molar-refractivity contribution in [2.45, 2.75) is 19.4 Å². The van der Waals surface area contributed by atoms with E-state index in [1.54, 1.807) is 36.4 Å². The van der Waals surface area contributed by atoms with Gasteiger partial charge >= 0.3 is 0 Å². The van der Waals surface area contributed by atoms with Gasteiger partial charge in [-0.3, -0.25) is 25.2 Å². The number of carbonyl (C=O) groups excluding carboxylic acids is 3. The first kappa shape index (κ1) is 25.7. The standard InChI is InChI=1S/C22H27N3O7S/c1-4-32-18-11-10-16(14-19(18)31-2)21(27)24-25-22(28)17(12-13-33(3,29)30)23-20(26)15-8-6-5-7-9-15/h5-11,14,17H,4,12-13H2,1-3H3,(H,23,26)(H,24,27)(H,25,28). The molecule has 0 bridgehead atoms. The quantitative estimate of drug-likeness (QED) is 0.435. The summed E-state index contributed by atoms with van der Waals surface area (Å²) >= 11 is 0. The molecule has 1 atom stereocenters. The van der Waals surface area contributed by atoms with Crippen LogP contribution in [0.5, 0.6) is 11.5 Å². The molecule has 0 heterocycles. The summed E-state index contributed by atoms with van der Waals surface area (Å²) in [5, 5.41) is 2.51. The summed E-state index contributed by atoms with van der Waals surface area (Å²) in [6.07, 6.45) is 0.859. The van der Waals surface area contributed by atoms with Crippen LogP contribution in [-0.2, 0) is 14.6 Å². The topological polar surface area (TPSA) is 140 Å². The molecule has 0 spiro atoms. The number of methoxy groups -OCH3 is 1. The van der Waals surface area contributed by atoms with Crippen molar-refractivity contribution in [3.8, 4) is 11.5 Å². The molecule has 0 aliphatic carbocycles. The van der Waals surface area contributed by atoms with Crippen molar-refractivity contribution in [3.63, 3.8) is 0 Å². The van der Waals surface area contributed by atoms with Crippen LogP contribution < -0.4 is 25.6 Å². The zero-order valence-corrected chi connectivity index (χ0v) is 19.4. The summed E-state index contributed by atoms with van der Waals surface area (Å²) in [5.41, 5.74) is 4.98. The number of ether oxygens (including phenoxy) is 2. The maximum absolute atomic E-state index is 12.6. The second-order valence-corrected chi connectivity index (χ2v) is 9.31. The number of hydrogen-bond donors (Lipinski definition) is 3. The minimum absolute atomic E-state index is 0.171. The number of hydrazine groups is 1. The Hall–Kier alpha value is -3.60. The lowest BCUT2D eigenvalue weighted by Crippen LogP contribution is -2.52. The smallest absolute Gasteiger partial charge is 0.269 e. The molecule has 1 unspecified atom stereocenters. The Labute approximate surface area is 192 Å². The molecule has 3 amide bonds. The summed E-state index contributed by atoms with van der Waals surface area (Å²) in [6, 6.07) is 11.5. The highest BCUT2D eigenvalue weighted by Gasteiger charge is 2.24. The van der Waals surface area contributed by atoms with Crippen molar-refractivity contribution in [2.24, 2.45) is 0 Å². The van der Waals surface area contributed by atoms with Crippen LogP contribution in [0.15, 0.2) is 48.5 Å². The van der Waals surface area contributed by atoms with E-state index in [2.05, 4.69) is 16.2 Å². The fourth-order valence-corrected chi connectivity index (χ4v) is 3.46. The molecule has 0 aromatic heterocycles. The van der Waals surface area contributed by atoms with Crippen LogP contribution in [0, 0.1) is 0 Å². The van der Waals surface area contributed by atoms with E-state index >= 15 is 0 Å². The summed E-state index contributed by atoms with van der Waals surface area (Å²) in [7, 11) is -1.95. The average Bonchev–Trinajstić information content (AvgIpc) is 2.80. The SMILES string of the molecule is CCOc1ccc(C(=O)NNC(=O)C(CCS(C)(=O)=O)NC(=O)c2ccccc2)cc1OC. The number of hydrogen-bond acceptors (Lipinski definition) is 7. The van der Waals surface area contributed by atoms with Gasteiger partial charge in [0.05, 0.1) is 19.5 Å². The minimum atomic E-state index is -3.39. The molecule has 2 aromatic carbocycles. The molecule has 2 rings (SSSR count). The Morgan fingerprint density at radius 3 is 2.24 bits per heavy atom. The number of sulfone groups is 1. The summed E-state index contributed by atoms with van der Waals surface area (Å²) < 4.78 is 33.7. The number of carbonyl (C=O) groups is 3. The molecule has 10 nitrogen and oxygen atoms in total. The summed E-state index contributed by atoms with van der Waals surface area (Å²) in [6.45, 7) is 2.23. The first-order valence-electron chi connectivity index (χ1n) is 10.1. The van der Waals surface area contributed by atoms with Gasteiger partial charge in [-0.15, -0.1) is 0 Å². The van der Waals surface area contributed by atoms with Gasteiger partial charge in [0.2, 0.25) is 0 Å². The molecular weight excluding hydrogens is 450 g/mol. The molecule has 178 valence electrons. The van der Waals surface area contributed by atoms with E-state index in [0.29, 0.717) is 23.7 Å². The van der Waals surface area contributed by atoms with Crippen LogP contribution >= 0.6 is 0 Å². The molecular formula is C22H27N3O7S. The van der Waals surface area contributed by atoms with Crippen LogP contribution in [0.1, 0.15) is 34.1 Å². The van der Waals surface area contributed by atoms with Crippen LogP contribution in [0.2, 0.25) is 0 Å². The fraction of sp³-hybridized carbons (Fsp3) is 0.318. The van der Waals surface area contributed by atoms with Crippen molar-refractivity contribution in [1.82, 2.24) is 16.2 Å². The second-order valence-electron chi connectivity index (χ2n) is 7.05. The summed E-state index contributed by atoms with van der Waals surface area (Å²) in [4.78, 5) is 37.6. The van der Waals surface area contributed by atoms with Crippen LogP contribution in [0.4, 0.5) is 0 Å². The van der Waals surface area contributed by atoms with Crippen molar-refractivity contribution < 1.29 is 32.3 Å². The molecule has 0 aliphatic rings. The lowest BCUT2D eigenvalue weighted by atomic mass is 10.1. The minimum Gasteiger partial charge on any atom is -0.493 e. The van der Waals surface area contributed by atoms with E-state index in [1.165, 1.54) is 19.2 Å². The van der Waals surface area contributed by atoms with Gasteiger partial charge in [0.25, 0.3) is 17.7 Å². The second kappa shape index (κ2) is 11.9. The average molecular weight is 478 g/mol. The third-order valence-electron chi connectivity index (χ3n) is 4.46. The molecule has 3 N–H and O–H groups in total. The number of rotatable bonds is 10. The molecule has 0 saturated heterocycles. The van der Waals surface area contributed by atoms with E-state index < -0.39 is 33.6 Å². The monoisotopic (exact) mass is 477 g/mol. The van der Waals surface area contributed by atoms with E-state index in [9.17, 15) is 22.8 Å². The molecule has 11 heteroatoms. The van der Waals surface area contributed by atoms with Gasteiger partial charge in [-0.1, -0.05) is 18.2 Å². The van der Waals surface area contributed by atoms with Crippen molar-refractivity contribution in [1.29, 1.82) is 0 Å². The molecule has 0 fully saturated rings. The molecule has 0 aliphatic heterocycles. The van der Waals surface area contributed by atoms with Gasteiger partial charge in [-0.05, 0) is 43.7 Å². The van der Waals surface area contributed by atoms with Crippen molar-refractivity contribution in [2.75, 3.05) is 25.7 Å². The first-order chi connectivity index (χ1) is 15.6. The normalized spacial score (nSPS) is 11.7. The van der Waals surface area contributed by atoms with Gasteiger partial charge in [-0.2, -0.15) is 0 Å². The van der Waals surface area contributed by atoms with Gasteiger partial charge in [0, 0.05) is 17.4 Å². The maximum atomic E-state index is 12.6. The number of amides is 3. The van der Waals surface area contributed by atoms with Gasteiger partial charge in [-0.25, -0.2) is 8.42 Å². The Kier molecular flexibility index (Phi) is 9.22. The lowest BCUT2D eigenvalue weighted by molar-refractivity contribution is -0.123. The molecule has 2 aromatic rings. The zero-order chi connectivity index (χ0) is 24.4. The van der Waals surface area contributed by atoms with Crippen LogP contribution in [0.25, 0.3) is 0 Å². The zero-order valence-electron chi connectivity index (χ0n) is 18.6. The van der Waals surface area contributed by atoms with Gasteiger partial charge in [0.1, 0.15) is 15.9 Å². The lowest BCUT2D eigenvalue weighted by Gasteiger charge is -2.19. The molecule has 0 saturated carbocycles. The van der Waals surface area contributed by atoms with Crippen LogP contribution in [-0.4, -0.2) is 57.9 Å². The number of benzene rings is 2. The van der Waals surface area contributed by atoms with Gasteiger partial charge in [0.15, 0.2) is 11.5 Å². The van der Waals surface area contributed by atoms with E-state index in [1.807, 2.05) is 6.92 Å². The fourth-order valence-electron chi connectivity index (χ4n) is 2.79. The largest absolute Gasteiger partial charge is 0.493 e. The highest BCUT2D eigenvalue weighted by atomic mass is 32.2. The number of nitrogens with one attached hydrogen (secondary N) is 3. The predicted octanol–water partition coefficient (Wildman–Crippen LogP) is 1.09. The first-order valence-corrected chi connectivity index (χ1v) is 12.1. The van der Waals surface area contributed by atoms with E-state index in [4.69, 9.17) is 9.47 Å². The highest BCUT2D eigenvalue weighted by Crippen LogP contribution is 2.27. The Morgan fingerprint density at radius 1 is 0.939 bits per heavy atom. The maximum Gasteiger partial charge on any atom is 0.269 e. The van der Waals surface area contributed by atoms with Crippen molar-refractivity contribution in [3.05, 3.63) is 59.7 Å². The van der Waals surface area contributed by atoms with E-state index in [0.717, 1.165) is 6.26 Å². The van der Waals surface area contributed by atoms with Gasteiger partial charge < -0.3 is 14.8 Å². The molecule has 33 heavy (non-hydrogen) atoms. The van der Waals surface area contributed by atoms with Crippen LogP contribution in [0.3, 0.4) is 0 Å². The Morgan fingerprint density at radius 2 is 1.64 bits per heavy atom. The van der Waals surface area contributed by atoms with Crippen molar-refractivity contribution >= 4 is 27.6 Å². The Bertz CT molecular complexity index is 1090. The highest BCUT2D eigenvalue weighted by molar-refractivity contribution is 7.90. The Balaban J connectivity index is 2.08.